The molecular formula is C11H15N3O. The summed E-state index contributed by atoms with van der Waals surface area (Å²) in [5, 5.41) is 3.77. The summed E-state index contributed by atoms with van der Waals surface area (Å²) in [6, 6.07) is 9.25. The molecule has 0 radical (unpaired) electrons. The molecule has 0 aromatic heterocycles. The molecule has 0 aliphatic rings. The maximum atomic E-state index is 10.4. The Balaban J connectivity index is 2.75. The molecule has 1 rings (SSSR count). The molecule has 15 heavy (non-hydrogen) atoms. The fourth-order valence-corrected chi connectivity index (χ4v) is 1.20. The lowest BCUT2D eigenvalue weighted by atomic mass is 9.86. The van der Waals surface area contributed by atoms with Crippen LogP contribution in [0.25, 0.3) is 0 Å². The molecule has 80 valence electrons. The molecule has 0 fully saturated rings. The molecular weight excluding hydrogens is 190 g/mol. The van der Waals surface area contributed by atoms with Gasteiger partial charge >= 0.3 is 6.03 Å². The zero-order chi connectivity index (χ0) is 11.3. The van der Waals surface area contributed by atoms with E-state index < -0.39 is 6.03 Å². The number of primary amides is 1. The summed E-state index contributed by atoms with van der Waals surface area (Å²) in [6.45, 7) is 4.02. The third kappa shape index (κ3) is 3.42. The van der Waals surface area contributed by atoms with E-state index in [0.717, 1.165) is 5.56 Å². The summed E-state index contributed by atoms with van der Waals surface area (Å²) >= 11 is 0. The Hall–Kier alpha value is -1.84. The molecule has 3 N–H and O–H groups in total. The molecule has 1 aromatic rings. The van der Waals surface area contributed by atoms with Crippen molar-refractivity contribution in [2.24, 2.45) is 10.8 Å². The van der Waals surface area contributed by atoms with Crippen LogP contribution in [0.4, 0.5) is 4.79 Å². The van der Waals surface area contributed by atoms with Gasteiger partial charge in [-0.1, -0.05) is 44.2 Å². The summed E-state index contributed by atoms with van der Waals surface area (Å²) in [7, 11) is 0. The first kappa shape index (κ1) is 11.2. The Morgan fingerprint density at radius 2 is 2.00 bits per heavy atom. The van der Waals surface area contributed by atoms with Gasteiger partial charge in [0.1, 0.15) is 0 Å². The van der Waals surface area contributed by atoms with Crippen LogP contribution < -0.4 is 11.2 Å². The smallest absolute Gasteiger partial charge is 0.332 e. The standard InChI is InChI=1S/C11H15N3O/c1-11(2,8-13-14-10(12)15)9-6-4-3-5-7-9/h3-8H,1-2H3,(H3,12,14,15). The molecule has 0 aliphatic carbocycles. The molecule has 0 bridgehead atoms. The van der Waals surface area contributed by atoms with Crippen LogP contribution in [0.5, 0.6) is 0 Å². The third-order valence-corrected chi connectivity index (χ3v) is 2.08. The van der Waals surface area contributed by atoms with Crippen LogP contribution in [0.2, 0.25) is 0 Å². The monoisotopic (exact) mass is 205 g/mol. The number of carbonyl (C=O) groups excluding carboxylic acids is 1. The highest BCUT2D eigenvalue weighted by molar-refractivity contribution is 5.76. The first-order chi connectivity index (χ1) is 7.02. The first-order valence-electron chi connectivity index (χ1n) is 4.67. The molecule has 0 atom stereocenters. The quantitative estimate of drug-likeness (QED) is 0.571. The maximum Gasteiger partial charge on any atom is 0.332 e. The van der Waals surface area contributed by atoms with Crippen molar-refractivity contribution in [1.29, 1.82) is 0 Å². The van der Waals surface area contributed by atoms with Gasteiger partial charge in [0.2, 0.25) is 0 Å². The van der Waals surface area contributed by atoms with Crippen molar-refractivity contribution < 1.29 is 4.79 Å². The highest BCUT2D eigenvalue weighted by atomic mass is 16.2. The number of hydrogen-bond acceptors (Lipinski definition) is 2. The molecule has 4 heteroatoms. The van der Waals surface area contributed by atoms with Crippen molar-refractivity contribution in [2.75, 3.05) is 0 Å². The number of benzene rings is 1. The molecule has 0 heterocycles. The lowest BCUT2D eigenvalue weighted by molar-refractivity contribution is 0.249. The van der Waals surface area contributed by atoms with E-state index in [4.69, 9.17) is 5.73 Å². The largest absolute Gasteiger partial charge is 0.350 e. The van der Waals surface area contributed by atoms with Crippen molar-refractivity contribution in [3.63, 3.8) is 0 Å². The van der Waals surface area contributed by atoms with Crippen molar-refractivity contribution in [3.05, 3.63) is 35.9 Å². The second kappa shape index (κ2) is 4.59. The van der Waals surface area contributed by atoms with E-state index >= 15 is 0 Å². The minimum atomic E-state index is -0.657. The fourth-order valence-electron chi connectivity index (χ4n) is 1.20. The van der Waals surface area contributed by atoms with Gasteiger partial charge in [-0.3, -0.25) is 0 Å². The number of hydrogen-bond donors (Lipinski definition) is 2. The second-order valence-electron chi connectivity index (χ2n) is 3.82. The van der Waals surface area contributed by atoms with Gasteiger partial charge in [-0.2, -0.15) is 5.10 Å². The van der Waals surface area contributed by atoms with Crippen LogP contribution in [0.3, 0.4) is 0 Å². The van der Waals surface area contributed by atoms with E-state index in [1.165, 1.54) is 0 Å². The van der Waals surface area contributed by atoms with Gasteiger partial charge in [-0.15, -0.1) is 0 Å². The van der Waals surface area contributed by atoms with E-state index in [2.05, 4.69) is 10.5 Å². The number of amides is 2. The van der Waals surface area contributed by atoms with Crippen LogP contribution in [0.15, 0.2) is 35.4 Å². The zero-order valence-corrected chi connectivity index (χ0v) is 8.90. The summed E-state index contributed by atoms with van der Waals surface area (Å²) in [5.74, 6) is 0. The van der Waals surface area contributed by atoms with E-state index in [0.29, 0.717) is 0 Å². The van der Waals surface area contributed by atoms with Crippen LogP contribution in [-0.2, 0) is 5.41 Å². The van der Waals surface area contributed by atoms with Crippen LogP contribution >= 0.6 is 0 Å². The maximum absolute atomic E-state index is 10.4. The Labute approximate surface area is 89.2 Å². The van der Waals surface area contributed by atoms with Gasteiger partial charge in [-0.05, 0) is 5.56 Å². The molecule has 2 amide bonds. The molecule has 0 saturated heterocycles. The summed E-state index contributed by atoms with van der Waals surface area (Å²) in [4.78, 5) is 10.4. The highest BCUT2D eigenvalue weighted by Crippen LogP contribution is 2.19. The van der Waals surface area contributed by atoms with Gasteiger partial charge in [-0.25, -0.2) is 10.2 Å². The molecule has 4 nitrogen and oxygen atoms in total. The van der Waals surface area contributed by atoms with Crippen LogP contribution in [0.1, 0.15) is 19.4 Å². The van der Waals surface area contributed by atoms with E-state index in [1.54, 1.807) is 6.21 Å². The molecule has 0 spiro atoms. The molecule has 1 aromatic carbocycles. The Bertz CT molecular complexity index is 357. The summed E-state index contributed by atoms with van der Waals surface area (Å²) < 4.78 is 0. The number of nitrogens with zero attached hydrogens (tertiary/aromatic N) is 1. The van der Waals surface area contributed by atoms with E-state index in [1.807, 2.05) is 44.2 Å². The SMILES string of the molecule is CC(C)(C=NNC(N)=O)c1ccccc1. The van der Waals surface area contributed by atoms with Gasteiger partial charge in [0.25, 0.3) is 0 Å². The fraction of sp³-hybridized carbons (Fsp3) is 0.273. The molecule has 0 saturated carbocycles. The summed E-state index contributed by atoms with van der Waals surface area (Å²) in [5.41, 5.74) is 7.97. The lowest BCUT2D eigenvalue weighted by Gasteiger charge is -2.19. The predicted octanol–water partition coefficient (Wildman–Crippen LogP) is 1.62. The minimum absolute atomic E-state index is 0.232. The Kier molecular flexibility index (Phi) is 3.44. The van der Waals surface area contributed by atoms with Crippen molar-refractivity contribution >= 4 is 12.2 Å². The molecule has 0 unspecified atom stereocenters. The number of nitrogens with one attached hydrogen (secondary N) is 1. The highest BCUT2D eigenvalue weighted by Gasteiger charge is 2.17. The average molecular weight is 205 g/mol. The topological polar surface area (TPSA) is 67.5 Å². The number of rotatable bonds is 3. The minimum Gasteiger partial charge on any atom is -0.350 e. The van der Waals surface area contributed by atoms with Gasteiger partial charge in [0.05, 0.1) is 0 Å². The second-order valence-corrected chi connectivity index (χ2v) is 3.82. The number of urea groups is 1. The molecule has 0 aliphatic heterocycles. The normalized spacial score (nSPS) is 11.6. The van der Waals surface area contributed by atoms with Crippen molar-refractivity contribution in [1.82, 2.24) is 5.43 Å². The zero-order valence-electron chi connectivity index (χ0n) is 8.90. The third-order valence-electron chi connectivity index (χ3n) is 2.08. The van der Waals surface area contributed by atoms with Gasteiger partial charge in [0, 0.05) is 11.6 Å². The van der Waals surface area contributed by atoms with Crippen LogP contribution in [0, 0.1) is 0 Å². The lowest BCUT2D eigenvalue weighted by Crippen LogP contribution is -2.27. The Morgan fingerprint density at radius 1 is 1.40 bits per heavy atom. The first-order valence-corrected chi connectivity index (χ1v) is 4.67. The van der Waals surface area contributed by atoms with Gasteiger partial charge in [0.15, 0.2) is 0 Å². The van der Waals surface area contributed by atoms with Crippen molar-refractivity contribution in [2.45, 2.75) is 19.3 Å². The van der Waals surface area contributed by atoms with Crippen LogP contribution in [-0.4, -0.2) is 12.2 Å². The number of nitrogens with two attached hydrogens (primary N) is 1. The number of carbonyl (C=O) groups is 1. The Morgan fingerprint density at radius 3 is 2.53 bits per heavy atom. The predicted molar refractivity (Wildman–Crippen MR) is 60.7 cm³/mol. The summed E-state index contributed by atoms with van der Waals surface area (Å²) in [6.07, 6.45) is 1.66. The number of hydrazone groups is 1. The van der Waals surface area contributed by atoms with E-state index in [9.17, 15) is 4.79 Å². The average Bonchev–Trinajstić information content (AvgIpc) is 2.18. The van der Waals surface area contributed by atoms with Gasteiger partial charge < -0.3 is 5.73 Å². The van der Waals surface area contributed by atoms with Crippen molar-refractivity contribution in [3.8, 4) is 0 Å². The van der Waals surface area contributed by atoms with E-state index in [-0.39, 0.29) is 5.41 Å².